The highest BCUT2D eigenvalue weighted by Crippen LogP contribution is 2.16. The number of rotatable bonds is 3. The number of carbonyl (C=O) groups is 1. The van der Waals surface area contributed by atoms with E-state index in [1.54, 1.807) is 5.01 Å². The van der Waals surface area contributed by atoms with Gasteiger partial charge in [0.05, 0.1) is 6.42 Å². The molecule has 88 valence electrons. The summed E-state index contributed by atoms with van der Waals surface area (Å²) in [6.45, 7) is 6.18. The number of benzene rings is 1. The highest BCUT2D eigenvalue weighted by Gasteiger charge is 2.09. The van der Waals surface area contributed by atoms with E-state index in [1.165, 1.54) is 16.7 Å². The van der Waals surface area contributed by atoms with Crippen LogP contribution in [0.25, 0.3) is 0 Å². The Kier molecular flexibility index (Phi) is 4.07. The molecule has 1 amide bonds. The van der Waals surface area contributed by atoms with Crippen LogP contribution in [0.5, 0.6) is 0 Å². The second kappa shape index (κ2) is 5.12. The van der Waals surface area contributed by atoms with Gasteiger partial charge in [-0.15, -0.1) is 0 Å². The van der Waals surface area contributed by atoms with Gasteiger partial charge in [0.2, 0.25) is 5.91 Å². The van der Waals surface area contributed by atoms with E-state index in [-0.39, 0.29) is 5.91 Å². The van der Waals surface area contributed by atoms with Gasteiger partial charge in [-0.05, 0) is 37.5 Å². The average molecular weight is 220 g/mol. The van der Waals surface area contributed by atoms with E-state index in [4.69, 9.17) is 0 Å². The van der Waals surface area contributed by atoms with Gasteiger partial charge >= 0.3 is 0 Å². The molecule has 0 saturated heterocycles. The Balaban J connectivity index is 2.85. The molecule has 3 heteroatoms. The Hall–Kier alpha value is -1.35. The number of nitrogens with zero attached hydrogens (tertiary/aromatic N) is 1. The van der Waals surface area contributed by atoms with E-state index < -0.39 is 0 Å². The van der Waals surface area contributed by atoms with Crippen molar-refractivity contribution in [3.63, 3.8) is 0 Å². The zero-order valence-electron chi connectivity index (χ0n) is 10.7. The van der Waals surface area contributed by atoms with Gasteiger partial charge < -0.3 is 0 Å². The molecular weight excluding hydrogens is 200 g/mol. The van der Waals surface area contributed by atoms with Crippen LogP contribution < -0.4 is 5.43 Å². The van der Waals surface area contributed by atoms with Crippen LogP contribution in [-0.4, -0.2) is 25.0 Å². The molecule has 0 aliphatic heterocycles. The molecule has 0 bridgehead atoms. The topological polar surface area (TPSA) is 32.3 Å². The van der Waals surface area contributed by atoms with Gasteiger partial charge in [-0.2, -0.15) is 0 Å². The third-order valence-corrected chi connectivity index (χ3v) is 2.53. The molecule has 0 spiro atoms. The Bertz CT molecular complexity index is 374. The number of hydrogen-bond donors (Lipinski definition) is 1. The summed E-state index contributed by atoms with van der Waals surface area (Å²) in [6.07, 6.45) is 0.441. The molecule has 3 nitrogen and oxygen atoms in total. The fourth-order valence-electron chi connectivity index (χ4n) is 1.94. The zero-order chi connectivity index (χ0) is 12.3. The molecule has 0 heterocycles. The quantitative estimate of drug-likeness (QED) is 0.787. The summed E-state index contributed by atoms with van der Waals surface area (Å²) in [5, 5.41) is 1.67. The Morgan fingerprint density at radius 2 is 1.69 bits per heavy atom. The average Bonchev–Trinajstić information content (AvgIpc) is 2.09. The van der Waals surface area contributed by atoms with Crippen LogP contribution in [0, 0.1) is 20.8 Å². The molecule has 0 aromatic heterocycles. The summed E-state index contributed by atoms with van der Waals surface area (Å²) in [5.74, 6) is 0.0278. The van der Waals surface area contributed by atoms with Crippen molar-refractivity contribution >= 4 is 5.91 Å². The highest BCUT2D eigenvalue weighted by molar-refractivity contribution is 5.78. The highest BCUT2D eigenvalue weighted by atomic mass is 16.2. The SMILES string of the molecule is Cc1cc(C)c(CC(=O)NN(C)C)c(C)c1. The minimum Gasteiger partial charge on any atom is -0.289 e. The van der Waals surface area contributed by atoms with E-state index in [1.807, 2.05) is 14.1 Å². The lowest BCUT2D eigenvalue weighted by molar-refractivity contribution is -0.124. The monoisotopic (exact) mass is 220 g/mol. The summed E-state index contributed by atoms with van der Waals surface area (Å²) in [7, 11) is 3.62. The molecule has 0 aliphatic carbocycles. The van der Waals surface area contributed by atoms with Crippen molar-refractivity contribution in [2.75, 3.05) is 14.1 Å². The number of amides is 1. The smallest absolute Gasteiger partial charge is 0.238 e. The molecule has 1 aromatic carbocycles. The fraction of sp³-hybridized carbons (Fsp3) is 0.462. The minimum atomic E-state index is 0.0278. The lowest BCUT2D eigenvalue weighted by atomic mass is 9.97. The van der Waals surface area contributed by atoms with Gasteiger partial charge in [0.15, 0.2) is 0 Å². The number of aryl methyl sites for hydroxylation is 3. The summed E-state index contributed by atoms with van der Waals surface area (Å²) < 4.78 is 0. The molecule has 1 N–H and O–H groups in total. The van der Waals surface area contributed by atoms with Gasteiger partial charge in [0.25, 0.3) is 0 Å². The van der Waals surface area contributed by atoms with Crippen LogP contribution in [0.2, 0.25) is 0 Å². The van der Waals surface area contributed by atoms with Crippen LogP contribution in [0.15, 0.2) is 12.1 Å². The second-order valence-electron chi connectivity index (χ2n) is 4.48. The number of hydrogen-bond acceptors (Lipinski definition) is 2. The first kappa shape index (κ1) is 12.7. The molecule has 0 radical (unpaired) electrons. The van der Waals surface area contributed by atoms with Gasteiger partial charge in [0.1, 0.15) is 0 Å². The summed E-state index contributed by atoms with van der Waals surface area (Å²) >= 11 is 0. The van der Waals surface area contributed by atoms with Gasteiger partial charge in [0, 0.05) is 14.1 Å². The Morgan fingerprint density at radius 1 is 1.19 bits per heavy atom. The zero-order valence-corrected chi connectivity index (χ0v) is 10.7. The minimum absolute atomic E-state index is 0.0278. The van der Waals surface area contributed by atoms with Crippen molar-refractivity contribution in [1.82, 2.24) is 10.4 Å². The third-order valence-electron chi connectivity index (χ3n) is 2.53. The van der Waals surface area contributed by atoms with E-state index in [0.717, 1.165) is 5.56 Å². The molecule has 16 heavy (non-hydrogen) atoms. The maximum Gasteiger partial charge on any atom is 0.238 e. The van der Waals surface area contributed by atoms with Crippen molar-refractivity contribution in [2.45, 2.75) is 27.2 Å². The van der Waals surface area contributed by atoms with Crippen molar-refractivity contribution < 1.29 is 4.79 Å². The van der Waals surface area contributed by atoms with Crippen LogP contribution in [0.4, 0.5) is 0 Å². The molecule has 0 atom stereocenters. The van der Waals surface area contributed by atoms with E-state index in [9.17, 15) is 4.79 Å². The van der Waals surface area contributed by atoms with Crippen LogP contribution in [-0.2, 0) is 11.2 Å². The lowest BCUT2D eigenvalue weighted by Gasteiger charge is -2.14. The van der Waals surface area contributed by atoms with E-state index in [0.29, 0.717) is 6.42 Å². The van der Waals surface area contributed by atoms with Crippen molar-refractivity contribution in [3.8, 4) is 0 Å². The third kappa shape index (κ3) is 3.35. The summed E-state index contributed by atoms with van der Waals surface area (Å²) in [4.78, 5) is 11.7. The van der Waals surface area contributed by atoms with Crippen LogP contribution in [0.3, 0.4) is 0 Å². The van der Waals surface area contributed by atoms with E-state index >= 15 is 0 Å². The predicted molar refractivity (Wildman–Crippen MR) is 66.2 cm³/mol. The lowest BCUT2D eigenvalue weighted by Crippen LogP contribution is -2.37. The molecular formula is C13H20N2O. The Morgan fingerprint density at radius 3 is 2.12 bits per heavy atom. The number of carbonyl (C=O) groups excluding carboxylic acids is 1. The van der Waals surface area contributed by atoms with Crippen molar-refractivity contribution in [1.29, 1.82) is 0 Å². The van der Waals surface area contributed by atoms with Gasteiger partial charge in [-0.1, -0.05) is 17.7 Å². The predicted octanol–water partition coefficient (Wildman–Crippen LogP) is 1.75. The second-order valence-corrected chi connectivity index (χ2v) is 4.48. The van der Waals surface area contributed by atoms with Crippen LogP contribution in [0.1, 0.15) is 22.3 Å². The fourth-order valence-corrected chi connectivity index (χ4v) is 1.94. The number of hydrazine groups is 1. The maximum atomic E-state index is 11.7. The molecule has 0 fully saturated rings. The van der Waals surface area contributed by atoms with Gasteiger partial charge in [-0.25, -0.2) is 5.01 Å². The largest absolute Gasteiger partial charge is 0.289 e. The first-order valence-electron chi connectivity index (χ1n) is 5.43. The standard InChI is InChI=1S/C13H20N2O/c1-9-6-10(2)12(11(3)7-9)8-13(16)14-15(4)5/h6-7H,8H2,1-5H3,(H,14,16). The first-order valence-corrected chi connectivity index (χ1v) is 5.43. The van der Waals surface area contributed by atoms with Crippen molar-refractivity contribution in [2.24, 2.45) is 0 Å². The normalized spacial score (nSPS) is 10.6. The van der Waals surface area contributed by atoms with E-state index in [2.05, 4.69) is 38.3 Å². The van der Waals surface area contributed by atoms with Crippen molar-refractivity contribution in [3.05, 3.63) is 34.4 Å². The molecule has 1 aromatic rings. The molecule has 0 unspecified atom stereocenters. The number of nitrogens with one attached hydrogen (secondary N) is 1. The molecule has 1 rings (SSSR count). The maximum absolute atomic E-state index is 11.7. The summed E-state index contributed by atoms with van der Waals surface area (Å²) in [6, 6.07) is 4.23. The van der Waals surface area contributed by atoms with Crippen LogP contribution >= 0.6 is 0 Å². The molecule has 0 aliphatic rings. The Labute approximate surface area is 97.4 Å². The van der Waals surface area contributed by atoms with Gasteiger partial charge in [-0.3, -0.25) is 10.2 Å². The molecule has 0 saturated carbocycles. The first-order chi connectivity index (χ1) is 7.40. The summed E-state index contributed by atoms with van der Waals surface area (Å²) in [5.41, 5.74) is 7.50.